The monoisotopic (exact) mass is 266 g/mol. The third-order valence-electron chi connectivity index (χ3n) is 3.30. The molecule has 1 amide bonds. The molecule has 0 bridgehead atoms. The topological polar surface area (TPSA) is 87.5 Å². The van der Waals surface area contributed by atoms with E-state index in [1.807, 2.05) is 25.1 Å². The summed E-state index contributed by atoms with van der Waals surface area (Å²) in [6, 6.07) is -0.606. The van der Waals surface area contributed by atoms with Crippen molar-refractivity contribution in [3.05, 3.63) is 17.5 Å². The molecule has 1 aliphatic heterocycles. The molecule has 1 aliphatic rings. The second kappa shape index (κ2) is 5.40. The van der Waals surface area contributed by atoms with E-state index < -0.39 is 12.0 Å². The Morgan fingerprint density at radius 1 is 1.63 bits per heavy atom. The van der Waals surface area contributed by atoms with E-state index in [9.17, 15) is 9.59 Å². The second-order valence-electron chi connectivity index (χ2n) is 4.79. The van der Waals surface area contributed by atoms with E-state index in [-0.39, 0.29) is 12.3 Å². The summed E-state index contributed by atoms with van der Waals surface area (Å²) in [6.45, 7) is 3.66. The smallest absolute Gasteiger partial charge is 0.305 e. The first kappa shape index (κ1) is 13.5. The molecule has 1 aromatic rings. The molecular formula is C12H18N4O3. The van der Waals surface area contributed by atoms with Crippen LogP contribution in [-0.2, 0) is 23.2 Å². The van der Waals surface area contributed by atoms with E-state index in [1.165, 1.54) is 0 Å². The van der Waals surface area contributed by atoms with Gasteiger partial charge in [0.05, 0.1) is 12.1 Å². The van der Waals surface area contributed by atoms with Gasteiger partial charge in [-0.2, -0.15) is 5.10 Å². The summed E-state index contributed by atoms with van der Waals surface area (Å²) in [6.07, 6.45) is 1.73. The molecule has 0 spiro atoms. The lowest BCUT2D eigenvalue weighted by Gasteiger charge is -2.34. The number of carbonyl (C=O) groups excluding carboxylic acids is 1. The molecule has 0 saturated carbocycles. The lowest BCUT2D eigenvalue weighted by molar-refractivity contribution is -0.143. The first-order valence-corrected chi connectivity index (χ1v) is 6.20. The number of rotatable bonds is 4. The van der Waals surface area contributed by atoms with Crippen molar-refractivity contribution >= 4 is 11.9 Å². The number of carboxylic acid groups (broad SMARTS) is 1. The zero-order valence-electron chi connectivity index (χ0n) is 11.1. The Kier molecular flexibility index (Phi) is 3.84. The molecule has 104 valence electrons. The fraction of sp³-hybridized carbons (Fsp3) is 0.583. The number of hydrogen-bond donors (Lipinski definition) is 2. The minimum absolute atomic E-state index is 0.175. The van der Waals surface area contributed by atoms with Gasteiger partial charge in [-0.05, 0) is 6.92 Å². The molecular weight excluding hydrogens is 248 g/mol. The molecule has 0 aliphatic carbocycles. The van der Waals surface area contributed by atoms with Crippen LogP contribution < -0.4 is 5.32 Å². The van der Waals surface area contributed by atoms with Gasteiger partial charge in [-0.15, -0.1) is 0 Å². The molecule has 2 N–H and O–H groups in total. The van der Waals surface area contributed by atoms with Gasteiger partial charge in [0.1, 0.15) is 6.04 Å². The van der Waals surface area contributed by atoms with Gasteiger partial charge >= 0.3 is 5.97 Å². The summed E-state index contributed by atoms with van der Waals surface area (Å²) in [7, 11) is 1.84. The van der Waals surface area contributed by atoms with E-state index in [2.05, 4.69) is 10.4 Å². The van der Waals surface area contributed by atoms with Crippen molar-refractivity contribution in [1.82, 2.24) is 20.0 Å². The number of amides is 1. The molecule has 2 heterocycles. The highest BCUT2D eigenvalue weighted by Crippen LogP contribution is 2.15. The summed E-state index contributed by atoms with van der Waals surface area (Å²) >= 11 is 0. The van der Waals surface area contributed by atoms with Gasteiger partial charge in [-0.25, -0.2) is 0 Å². The Balaban J connectivity index is 2.13. The standard InChI is InChI=1S/C12H18N4O3/c1-8-9(6-15(2)14-8)7-16-4-3-13-12(19)10(16)5-11(17)18/h6,10H,3-5,7H2,1-2H3,(H,13,19)(H,17,18). The largest absolute Gasteiger partial charge is 0.481 e. The SMILES string of the molecule is Cc1nn(C)cc1CN1CCNC(=O)C1CC(=O)O. The lowest BCUT2D eigenvalue weighted by Crippen LogP contribution is -2.55. The summed E-state index contributed by atoms with van der Waals surface area (Å²) in [5.74, 6) is -1.18. The molecule has 1 unspecified atom stereocenters. The summed E-state index contributed by atoms with van der Waals surface area (Å²) < 4.78 is 1.72. The molecule has 1 fully saturated rings. The van der Waals surface area contributed by atoms with Crippen molar-refractivity contribution in [1.29, 1.82) is 0 Å². The minimum atomic E-state index is -0.963. The molecule has 19 heavy (non-hydrogen) atoms. The molecule has 1 atom stereocenters. The van der Waals surface area contributed by atoms with Gasteiger partial charge in [0.15, 0.2) is 0 Å². The van der Waals surface area contributed by atoms with Crippen LogP contribution in [0.25, 0.3) is 0 Å². The first-order chi connectivity index (χ1) is 8.97. The van der Waals surface area contributed by atoms with E-state index in [0.29, 0.717) is 19.6 Å². The van der Waals surface area contributed by atoms with Crippen LogP contribution in [0, 0.1) is 6.92 Å². The Hall–Kier alpha value is -1.89. The van der Waals surface area contributed by atoms with Crippen LogP contribution in [-0.4, -0.2) is 50.8 Å². The van der Waals surface area contributed by atoms with Gasteiger partial charge < -0.3 is 10.4 Å². The van der Waals surface area contributed by atoms with Crippen LogP contribution in [0.5, 0.6) is 0 Å². The molecule has 0 radical (unpaired) electrons. The van der Waals surface area contributed by atoms with Crippen molar-refractivity contribution in [2.75, 3.05) is 13.1 Å². The highest BCUT2D eigenvalue weighted by molar-refractivity contribution is 5.86. The maximum atomic E-state index is 11.8. The van der Waals surface area contributed by atoms with Crippen molar-refractivity contribution < 1.29 is 14.7 Å². The summed E-state index contributed by atoms with van der Waals surface area (Å²) in [5.41, 5.74) is 1.93. The second-order valence-corrected chi connectivity index (χ2v) is 4.79. The number of aliphatic carboxylic acids is 1. The van der Waals surface area contributed by atoms with Crippen molar-refractivity contribution in [2.45, 2.75) is 25.9 Å². The van der Waals surface area contributed by atoms with E-state index in [4.69, 9.17) is 5.11 Å². The maximum Gasteiger partial charge on any atom is 0.305 e. The number of carboxylic acids is 1. The average molecular weight is 266 g/mol. The quantitative estimate of drug-likeness (QED) is 0.767. The number of aromatic nitrogens is 2. The van der Waals surface area contributed by atoms with Crippen LogP contribution in [0.1, 0.15) is 17.7 Å². The van der Waals surface area contributed by atoms with Gasteiger partial charge in [0.2, 0.25) is 5.91 Å². The highest BCUT2D eigenvalue weighted by atomic mass is 16.4. The molecule has 2 rings (SSSR count). The Bertz CT molecular complexity index is 497. The third kappa shape index (κ3) is 3.11. The molecule has 7 heteroatoms. The van der Waals surface area contributed by atoms with E-state index >= 15 is 0 Å². The van der Waals surface area contributed by atoms with Gasteiger partial charge in [-0.1, -0.05) is 0 Å². The normalized spacial score (nSPS) is 20.3. The van der Waals surface area contributed by atoms with Crippen molar-refractivity contribution in [2.24, 2.45) is 7.05 Å². The summed E-state index contributed by atoms with van der Waals surface area (Å²) in [5, 5.41) is 15.9. The van der Waals surface area contributed by atoms with Crippen LogP contribution in [0.15, 0.2) is 6.20 Å². The maximum absolute atomic E-state index is 11.8. The van der Waals surface area contributed by atoms with Crippen LogP contribution in [0.3, 0.4) is 0 Å². The number of aryl methyl sites for hydroxylation is 2. The van der Waals surface area contributed by atoms with Crippen LogP contribution >= 0.6 is 0 Å². The Morgan fingerprint density at radius 2 is 2.37 bits per heavy atom. The average Bonchev–Trinajstić information content (AvgIpc) is 2.62. The van der Waals surface area contributed by atoms with Crippen LogP contribution in [0.4, 0.5) is 0 Å². The van der Waals surface area contributed by atoms with E-state index in [1.54, 1.807) is 4.68 Å². The number of hydrogen-bond acceptors (Lipinski definition) is 4. The lowest BCUT2D eigenvalue weighted by atomic mass is 10.1. The van der Waals surface area contributed by atoms with Gasteiger partial charge in [-0.3, -0.25) is 19.2 Å². The highest BCUT2D eigenvalue weighted by Gasteiger charge is 2.31. The van der Waals surface area contributed by atoms with Crippen molar-refractivity contribution in [3.63, 3.8) is 0 Å². The molecule has 0 aromatic carbocycles. The van der Waals surface area contributed by atoms with Crippen molar-refractivity contribution in [3.8, 4) is 0 Å². The Labute approximate surface area is 111 Å². The van der Waals surface area contributed by atoms with Crippen LogP contribution in [0.2, 0.25) is 0 Å². The fourth-order valence-corrected chi connectivity index (χ4v) is 2.36. The predicted octanol–water partition coefficient (Wildman–Crippen LogP) is -0.496. The minimum Gasteiger partial charge on any atom is -0.481 e. The molecule has 7 nitrogen and oxygen atoms in total. The fourth-order valence-electron chi connectivity index (χ4n) is 2.36. The number of piperazine rings is 1. The number of carbonyl (C=O) groups is 2. The molecule has 1 saturated heterocycles. The zero-order valence-corrected chi connectivity index (χ0v) is 11.1. The first-order valence-electron chi connectivity index (χ1n) is 6.20. The number of nitrogens with one attached hydrogen (secondary N) is 1. The third-order valence-corrected chi connectivity index (χ3v) is 3.30. The number of nitrogens with zero attached hydrogens (tertiary/aromatic N) is 3. The Morgan fingerprint density at radius 3 is 2.95 bits per heavy atom. The van der Waals surface area contributed by atoms with Gasteiger partial charge in [0.25, 0.3) is 0 Å². The zero-order chi connectivity index (χ0) is 14.0. The predicted molar refractivity (Wildman–Crippen MR) is 67.4 cm³/mol. The van der Waals surface area contributed by atoms with E-state index in [0.717, 1.165) is 11.3 Å². The summed E-state index contributed by atoms with van der Waals surface area (Å²) in [4.78, 5) is 24.5. The molecule has 1 aromatic heterocycles. The van der Waals surface area contributed by atoms with Gasteiger partial charge in [0, 0.05) is 38.4 Å².